The minimum absolute atomic E-state index is 0.0759. The lowest BCUT2D eigenvalue weighted by Crippen LogP contribution is -2.44. The molecule has 0 saturated carbocycles. The first-order chi connectivity index (χ1) is 7.99. The van der Waals surface area contributed by atoms with Crippen molar-refractivity contribution in [3.8, 4) is 0 Å². The van der Waals surface area contributed by atoms with Crippen LogP contribution in [-0.4, -0.2) is 42.4 Å². The van der Waals surface area contributed by atoms with E-state index in [-0.39, 0.29) is 18.5 Å². The van der Waals surface area contributed by atoms with Gasteiger partial charge in [0.15, 0.2) is 5.96 Å². The van der Waals surface area contributed by atoms with Gasteiger partial charge in [-0.1, -0.05) is 6.92 Å². The summed E-state index contributed by atoms with van der Waals surface area (Å²) < 4.78 is 0. The van der Waals surface area contributed by atoms with E-state index in [1.807, 2.05) is 13.8 Å². The van der Waals surface area contributed by atoms with E-state index in [9.17, 15) is 4.79 Å². The molecule has 0 aliphatic carbocycles. The van der Waals surface area contributed by atoms with Crippen molar-refractivity contribution in [1.82, 2.24) is 10.2 Å². The van der Waals surface area contributed by atoms with Gasteiger partial charge in [-0.3, -0.25) is 4.79 Å². The van der Waals surface area contributed by atoms with Crippen LogP contribution in [0.2, 0.25) is 0 Å². The van der Waals surface area contributed by atoms with Crippen molar-refractivity contribution in [3.63, 3.8) is 0 Å². The number of aliphatic imine (C=N–C) groups is 1. The maximum atomic E-state index is 11.4. The fourth-order valence-corrected chi connectivity index (χ4v) is 2.02. The number of piperidine rings is 1. The van der Waals surface area contributed by atoms with Gasteiger partial charge in [-0.15, -0.1) is 0 Å². The Hall–Kier alpha value is -1.26. The lowest BCUT2D eigenvalue weighted by atomic mass is 10.0. The molecule has 0 bridgehead atoms. The number of carbonyl (C=O) groups is 1. The van der Waals surface area contributed by atoms with Crippen molar-refractivity contribution in [1.29, 1.82) is 0 Å². The van der Waals surface area contributed by atoms with Crippen molar-refractivity contribution in [2.75, 3.05) is 19.6 Å². The highest BCUT2D eigenvalue weighted by Gasteiger charge is 2.17. The van der Waals surface area contributed by atoms with E-state index in [0.29, 0.717) is 11.9 Å². The van der Waals surface area contributed by atoms with Gasteiger partial charge in [0.25, 0.3) is 0 Å². The molecule has 0 spiro atoms. The largest absolute Gasteiger partial charge is 0.370 e. The summed E-state index contributed by atoms with van der Waals surface area (Å²) in [5.74, 6) is 1.07. The average molecular weight is 240 g/mol. The fourth-order valence-electron chi connectivity index (χ4n) is 2.02. The molecular formula is C12H24N4O. The Morgan fingerprint density at radius 3 is 2.88 bits per heavy atom. The first-order valence-electron chi connectivity index (χ1n) is 6.33. The third-order valence-corrected chi connectivity index (χ3v) is 2.82. The molecule has 1 aliphatic rings. The Bertz CT molecular complexity index is 288. The number of carbonyl (C=O) groups excluding carboxylic acids is 1. The quantitative estimate of drug-likeness (QED) is 0.559. The van der Waals surface area contributed by atoms with Gasteiger partial charge in [0.2, 0.25) is 5.91 Å². The van der Waals surface area contributed by atoms with Gasteiger partial charge in [-0.2, -0.15) is 0 Å². The van der Waals surface area contributed by atoms with Crippen molar-refractivity contribution >= 4 is 11.9 Å². The molecule has 0 aromatic carbocycles. The summed E-state index contributed by atoms with van der Waals surface area (Å²) in [6.45, 7) is 8.08. The number of likely N-dealkylation sites (tertiary alicyclic amines) is 1. The van der Waals surface area contributed by atoms with Crippen LogP contribution < -0.4 is 11.1 Å². The zero-order valence-corrected chi connectivity index (χ0v) is 11.1. The maximum absolute atomic E-state index is 11.4. The normalized spacial score (nSPS) is 21.8. The van der Waals surface area contributed by atoms with Crippen molar-refractivity contribution < 1.29 is 4.79 Å². The van der Waals surface area contributed by atoms with Crippen LogP contribution in [0.3, 0.4) is 0 Å². The van der Waals surface area contributed by atoms with Gasteiger partial charge < -0.3 is 16.0 Å². The first kappa shape index (κ1) is 13.8. The molecule has 1 unspecified atom stereocenters. The predicted molar refractivity (Wildman–Crippen MR) is 69.7 cm³/mol. The van der Waals surface area contributed by atoms with E-state index in [4.69, 9.17) is 5.73 Å². The Labute approximate surface area is 103 Å². The highest BCUT2D eigenvalue weighted by Crippen LogP contribution is 2.14. The van der Waals surface area contributed by atoms with Gasteiger partial charge in [-0.05, 0) is 32.6 Å². The number of amides is 1. The van der Waals surface area contributed by atoms with Gasteiger partial charge in [-0.25, -0.2) is 4.99 Å². The second-order valence-electron chi connectivity index (χ2n) is 5.09. The second-order valence-corrected chi connectivity index (χ2v) is 5.09. The van der Waals surface area contributed by atoms with E-state index in [1.54, 1.807) is 0 Å². The van der Waals surface area contributed by atoms with Gasteiger partial charge in [0.05, 0.1) is 0 Å². The van der Waals surface area contributed by atoms with Crippen molar-refractivity contribution in [2.24, 2.45) is 16.6 Å². The summed E-state index contributed by atoms with van der Waals surface area (Å²) in [5, 5.41) is 2.79. The highest BCUT2D eigenvalue weighted by atomic mass is 16.1. The third-order valence-electron chi connectivity index (χ3n) is 2.82. The van der Waals surface area contributed by atoms with Crippen LogP contribution in [0.4, 0.5) is 0 Å². The van der Waals surface area contributed by atoms with Gasteiger partial charge in [0.1, 0.15) is 6.54 Å². The SMILES string of the molecule is CC1CCCN(C(N)=NCC(=O)NC(C)C)C1. The summed E-state index contributed by atoms with van der Waals surface area (Å²) in [4.78, 5) is 17.6. The van der Waals surface area contributed by atoms with Crippen molar-refractivity contribution in [2.45, 2.75) is 39.7 Å². The summed E-state index contributed by atoms with van der Waals surface area (Å²) in [6, 6.07) is 0.147. The Morgan fingerprint density at radius 1 is 1.59 bits per heavy atom. The molecule has 1 saturated heterocycles. The van der Waals surface area contributed by atoms with Crippen LogP contribution in [0.15, 0.2) is 4.99 Å². The van der Waals surface area contributed by atoms with Crippen LogP contribution in [0.25, 0.3) is 0 Å². The second kappa shape index (κ2) is 6.47. The monoisotopic (exact) mass is 240 g/mol. The molecule has 5 heteroatoms. The van der Waals surface area contributed by atoms with Crippen LogP contribution >= 0.6 is 0 Å². The molecule has 98 valence electrons. The van der Waals surface area contributed by atoms with E-state index >= 15 is 0 Å². The summed E-state index contributed by atoms with van der Waals surface area (Å²) >= 11 is 0. The maximum Gasteiger partial charge on any atom is 0.242 e. The molecule has 1 atom stereocenters. The van der Waals surface area contributed by atoms with Gasteiger partial charge >= 0.3 is 0 Å². The lowest BCUT2D eigenvalue weighted by molar-refractivity contribution is -0.120. The minimum atomic E-state index is -0.0759. The molecule has 0 radical (unpaired) electrons. The molecule has 5 nitrogen and oxygen atoms in total. The van der Waals surface area contributed by atoms with Crippen LogP contribution in [0, 0.1) is 5.92 Å². The Morgan fingerprint density at radius 2 is 2.29 bits per heavy atom. The van der Waals surface area contributed by atoms with Crippen LogP contribution in [0.5, 0.6) is 0 Å². The number of nitrogens with zero attached hydrogens (tertiary/aromatic N) is 2. The standard InChI is InChI=1S/C12H24N4O/c1-9(2)15-11(17)7-14-12(13)16-6-4-5-10(3)8-16/h9-10H,4-8H2,1-3H3,(H2,13,14)(H,15,17). The fraction of sp³-hybridized carbons (Fsp3) is 0.833. The smallest absolute Gasteiger partial charge is 0.242 e. The van der Waals surface area contributed by atoms with Gasteiger partial charge in [0, 0.05) is 19.1 Å². The minimum Gasteiger partial charge on any atom is -0.370 e. The van der Waals surface area contributed by atoms with E-state index in [0.717, 1.165) is 19.5 Å². The summed E-state index contributed by atoms with van der Waals surface area (Å²) in [7, 11) is 0. The molecule has 1 heterocycles. The van der Waals surface area contributed by atoms with Crippen LogP contribution in [-0.2, 0) is 4.79 Å². The number of guanidine groups is 1. The first-order valence-corrected chi connectivity index (χ1v) is 6.33. The molecule has 1 aliphatic heterocycles. The zero-order chi connectivity index (χ0) is 12.8. The number of nitrogens with two attached hydrogens (primary N) is 1. The Kier molecular flexibility index (Phi) is 5.25. The lowest BCUT2D eigenvalue weighted by Gasteiger charge is -2.31. The van der Waals surface area contributed by atoms with Crippen molar-refractivity contribution in [3.05, 3.63) is 0 Å². The molecule has 17 heavy (non-hydrogen) atoms. The van der Waals surface area contributed by atoms with E-state index < -0.39 is 0 Å². The number of rotatable bonds is 3. The third kappa shape index (κ3) is 5.06. The summed E-state index contributed by atoms with van der Waals surface area (Å²) in [6.07, 6.45) is 2.40. The zero-order valence-electron chi connectivity index (χ0n) is 11.1. The number of hydrogen-bond donors (Lipinski definition) is 2. The van der Waals surface area contributed by atoms with Crippen LogP contribution in [0.1, 0.15) is 33.6 Å². The molecule has 3 N–H and O–H groups in total. The van der Waals surface area contributed by atoms with E-state index in [2.05, 4.69) is 22.1 Å². The molecule has 1 rings (SSSR count). The highest BCUT2D eigenvalue weighted by molar-refractivity contribution is 5.84. The number of hydrogen-bond acceptors (Lipinski definition) is 2. The molecule has 1 amide bonds. The predicted octanol–water partition coefficient (Wildman–Crippen LogP) is 0.558. The topological polar surface area (TPSA) is 70.7 Å². The van der Waals surface area contributed by atoms with E-state index in [1.165, 1.54) is 6.42 Å². The number of nitrogens with one attached hydrogen (secondary N) is 1. The average Bonchev–Trinajstić information content (AvgIpc) is 2.25. The molecule has 1 fully saturated rings. The Balaban J connectivity index is 2.40. The molecular weight excluding hydrogens is 216 g/mol. The summed E-state index contributed by atoms with van der Waals surface area (Å²) in [5.41, 5.74) is 5.89. The molecule has 0 aromatic heterocycles. The molecule has 0 aromatic rings.